The van der Waals surface area contributed by atoms with Crippen molar-refractivity contribution in [2.75, 3.05) is 0 Å². The van der Waals surface area contributed by atoms with Crippen molar-refractivity contribution >= 4 is 16.2 Å². The van der Waals surface area contributed by atoms with Crippen molar-refractivity contribution < 1.29 is 0 Å². The van der Waals surface area contributed by atoms with E-state index in [2.05, 4.69) is 16.4 Å². The van der Waals surface area contributed by atoms with Crippen LogP contribution in [-0.2, 0) is 0 Å². The van der Waals surface area contributed by atoms with Crippen molar-refractivity contribution in [1.82, 2.24) is 0 Å². The molecule has 0 aromatic rings. The fraction of sp³-hybridized carbons (Fsp3) is 1.00. The van der Waals surface area contributed by atoms with Crippen LogP contribution in [0.25, 0.3) is 0 Å². The SMILES string of the molecule is N#N.[CH3][Ga]([CH3])[CH3]. The van der Waals surface area contributed by atoms with Gasteiger partial charge in [0.25, 0.3) is 0 Å². The molecule has 2 nitrogen and oxygen atoms in total. The van der Waals surface area contributed by atoms with Gasteiger partial charge in [-0.2, -0.15) is 0 Å². The van der Waals surface area contributed by atoms with Crippen LogP contribution in [0.1, 0.15) is 0 Å². The summed E-state index contributed by atoms with van der Waals surface area (Å²) in [6.07, 6.45) is 0. The molecule has 34 valence electrons. The third-order valence-corrected chi connectivity index (χ3v) is 0. The second-order valence-electron chi connectivity index (χ2n) is 1.73. The van der Waals surface area contributed by atoms with Gasteiger partial charge in [-0.05, 0) is 0 Å². The molecular formula is C3H9GaN2. The molecule has 0 radical (unpaired) electrons. The van der Waals surface area contributed by atoms with Crippen LogP contribution in [0.3, 0.4) is 0 Å². The van der Waals surface area contributed by atoms with Crippen LogP contribution in [0.4, 0.5) is 0 Å². The third-order valence-electron chi connectivity index (χ3n) is 0. The Hall–Kier alpha value is 0.0564. The average molecular weight is 143 g/mol. The van der Waals surface area contributed by atoms with Gasteiger partial charge < -0.3 is 0 Å². The Kier molecular flexibility index (Phi) is 14.0. The molecule has 0 saturated carbocycles. The molecule has 0 aromatic heterocycles. The Morgan fingerprint density at radius 1 is 1.00 bits per heavy atom. The molecule has 0 rings (SSSR count). The molecule has 0 spiro atoms. The van der Waals surface area contributed by atoms with Crippen LogP contribution in [-0.4, -0.2) is 16.2 Å². The number of rotatable bonds is 0. The summed E-state index contributed by atoms with van der Waals surface area (Å²) in [5, 5.41) is 12.0. The van der Waals surface area contributed by atoms with Gasteiger partial charge in [0.15, 0.2) is 0 Å². The van der Waals surface area contributed by atoms with Gasteiger partial charge in [-0.3, -0.25) is 0 Å². The van der Waals surface area contributed by atoms with Crippen LogP contribution in [0, 0.1) is 10.8 Å². The first-order valence-corrected chi connectivity index (χ1v) is 9.20. The number of hydrogen-bond acceptors (Lipinski definition) is 2. The molecule has 0 unspecified atom stereocenters. The van der Waals surface area contributed by atoms with Gasteiger partial charge in [-0.15, -0.1) is 0 Å². The van der Waals surface area contributed by atoms with E-state index in [0.717, 1.165) is 0 Å². The first-order valence-electron chi connectivity index (χ1n) is 1.93. The Morgan fingerprint density at radius 3 is 1.00 bits per heavy atom. The minimum absolute atomic E-state index is 0.479. The second kappa shape index (κ2) is 8.91. The molecule has 0 amide bonds. The maximum atomic E-state index is 6.00. The molecule has 3 heteroatoms. The molecule has 0 aliphatic rings. The molecule has 0 saturated heterocycles. The fourth-order valence-electron chi connectivity index (χ4n) is 0. The van der Waals surface area contributed by atoms with Crippen molar-refractivity contribution in [1.29, 1.82) is 10.8 Å². The molecule has 6 heavy (non-hydrogen) atoms. The molecule has 0 aliphatic carbocycles. The molecule has 0 aliphatic heterocycles. The molecule has 0 heterocycles. The zero-order chi connectivity index (χ0) is 5.58. The summed E-state index contributed by atoms with van der Waals surface area (Å²) in [7, 11) is 0. The zero-order valence-electron chi connectivity index (χ0n) is 4.47. The predicted molar refractivity (Wildman–Crippen MR) is 26.8 cm³/mol. The second-order valence-corrected chi connectivity index (χ2v) is 9.00. The van der Waals surface area contributed by atoms with E-state index in [1.165, 1.54) is 0 Å². The molecular weight excluding hydrogens is 134 g/mol. The van der Waals surface area contributed by atoms with Crippen LogP contribution < -0.4 is 0 Å². The van der Waals surface area contributed by atoms with E-state index in [0.29, 0.717) is 0 Å². The molecule has 0 atom stereocenters. The summed E-state index contributed by atoms with van der Waals surface area (Å²) in [5.74, 6) is 0. The molecule has 0 fully saturated rings. The summed E-state index contributed by atoms with van der Waals surface area (Å²) in [5.41, 5.74) is 7.06. The van der Waals surface area contributed by atoms with Crippen molar-refractivity contribution in [3.05, 3.63) is 0 Å². The summed E-state index contributed by atoms with van der Waals surface area (Å²) < 4.78 is 0. The quantitative estimate of drug-likeness (QED) is 0.380. The summed E-state index contributed by atoms with van der Waals surface area (Å²) in [6.45, 7) is 0. The van der Waals surface area contributed by atoms with E-state index >= 15 is 0 Å². The summed E-state index contributed by atoms with van der Waals surface area (Å²) >= 11 is -0.479. The van der Waals surface area contributed by atoms with Gasteiger partial charge in [0.1, 0.15) is 0 Å². The van der Waals surface area contributed by atoms with E-state index in [1.54, 1.807) is 0 Å². The van der Waals surface area contributed by atoms with E-state index in [4.69, 9.17) is 10.8 Å². The summed E-state index contributed by atoms with van der Waals surface area (Å²) in [4.78, 5) is 0. The Labute approximate surface area is 44.0 Å². The first kappa shape index (κ1) is 9.41. The van der Waals surface area contributed by atoms with Gasteiger partial charge in [0.05, 0.1) is 0 Å². The van der Waals surface area contributed by atoms with Gasteiger partial charge in [0, 0.05) is 10.8 Å². The van der Waals surface area contributed by atoms with Crippen molar-refractivity contribution in [3.63, 3.8) is 0 Å². The summed E-state index contributed by atoms with van der Waals surface area (Å²) in [6, 6.07) is 0. The zero-order valence-corrected chi connectivity index (χ0v) is 6.89. The van der Waals surface area contributed by atoms with Gasteiger partial charge >= 0.3 is 32.7 Å². The average Bonchev–Trinajstić information content (AvgIpc) is 1.41. The van der Waals surface area contributed by atoms with Crippen molar-refractivity contribution in [3.8, 4) is 0 Å². The normalized spacial score (nSPS) is 4.83. The van der Waals surface area contributed by atoms with Crippen molar-refractivity contribution in [2.45, 2.75) is 16.4 Å². The topological polar surface area (TPSA) is 47.6 Å². The van der Waals surface area contributed by atoms with Gasteiger partial charge in [0.2, 0.25) is 0 Å². The van der Waals surface area contributed by atoms with E-state index in [9.17, 15) is 0 Å². The van der Waals surface area contributed by atoms with E-state index in [1.807, 2.05) is 0 Å². The first-order chi connectivity index (χ1) is 2.73. The molecule has 0 aromatic carbocycles. The number of hydrogen-bond donors (Lipinski definition) is 0. The third kappa shape index (κ3) is 11900. The van der Waals surface area contributed by atoms with E-state index < -0.39 is 16.2 Å². The van der Waals surface area contributed by atoms with Crippen LogP contribution in [0.2, 0.25) is 16.4 Å². The van der Waals surface area contributed by atoms with E-state index in [-0.39, 0.29) is 0 Å². The standard InChI is InChI=1S/3CH3.Ga.N2/c;;;;1-2/h3*1H3;;. The number of nitrogens with zero attached hydrogens (tertiary/aromatic N) is 2. The Balaban J connectivity index is 0. The van der Waals surface area contributed by atoms with Crippen LogP contribution >= 0.6 is 0 Å². The van der Waals surface area contributed by atoms with Crippen LogP contribution in [0.5, 0.6) is 0 Å². The van der Waals surface area contributed by atoms with Crippen molar-refractivity contribution in [2.24, 2.45) is 0 Å². The molecule has 0 bridgehead atoms. The van der Waals surface area contributed by atoms with Gasteiger partial charge in [-0.1, -0.05) is 0 Å². The Bertz CT molecular complexity index is 30.3. The predicted octanol–water partition coefficient (Wildman–Crippen LogP) is 1.40. The van der Waals surface area contributed by atoms with Crippen LogP contribution in [0.15, 0.2) is 0 Å². The van der Waals surface area contributed by atoms with Gasteiger partial charge in [-0.25, -0.2) is 0 Å². The molecule has 0 N–H and O–H groups in total. The fourth-order valence-corrected chi connectivity index (χ4v) is 0. The minimum atomic E-state index is -0.479. The Morgan fingerprint density at radius 2 is 1.00 bits per heavy atom. The monoisotopic (exact) mass is 142 g/mol. The maximum absolute atomic E-state index is 6.00.